The Hall–Kier alpha value is -2.49. The van der Waals surface area contributed by atoms with E-state index in [1.165, 1.54) is 11.8 Å². The Bertz CT molecular complexity index is 1430. The fraction of sp³-hybridized carbons (Fsp3) is 0.500. The molecule has 0 spiro atoms. The Morgan fingerprint density at radius 2 is 1.78 bits per heavy atom. The van der Waals surface area contributed by atoms with E-state index in [9.17, 15) is 34.8 Å². The summed E-state index contributed by atoms with van der Waals surface area (Å²) in [4.78, 5) is 13.3. The number of sulfonamides is 1. The lowest BCUT2D eigenvalue weighted by Gasteiger charge is -2.30. The second kappa shape index (κ2) is 12.8. The molecule has 3 N–H and O–H groups in total. The van der Waals surface area contributed by atoms with Crippen LogP contribution in [0.2, 0.25) is 0 Å². The van der Waals surface area contributed by atoms with Crippen molar-refractivity contribution in [3.63, 3.8) is 0 Å². The third-order valence-corrected chi connectivity index (χ3v) is 9.90. The van der Waals surface area contributed by atoms with Gasteiger partial charge in [0.25, 0.3) is 9.84 Å². The van der Waals surface area contributed by atoms with Gasteiger partial charge < -0.3 is 15.0 Å². The smallest absolute Gasteiger partial charge is 0.444 e. The van der Waals surface area contributed by atoms with Crippen LogP contribution in [-0.2, 0) is 24.6 Å². The van der Waals surface area contributed by atoms with Crippen molar-refractivity contribution in [2.24, 2.45) is 5.14 Å². The molecule has 3 rings (SSSR count). The zero-order valence-corrected chi connectivity index (χ0v) is 25.3. The second-order valence-electron chi connectivity index (χ2n) is 10.7. The molecule has 0 unspecified atom stereocenters. The van der Waals surface area contributed by atoms with Crippen LogP contribution in [0.4, 0.5) is 23.7 Å². The first kappa shape index (κ1) is 33.0. The van der Waals surface area contributed by atoms with E-state index in [-0.39, 0.29) is 6.04 Å². The van der Waals surface area contributed by atoms with Crippen LogP contribution < -0.4 is 10.5 Å². The summed E-state index contributed by atoms with van der Waals surface area (Å²) in [6.45, 7) is 5.82. The minimum atomic E-state index is -5.93. The summed E-state index contributed by atoms with van der Waals surface area (Å²) in [5.41, 5.74) is -6.75. The Kier molecular flexibility index (Phi) is 10.3. The number of nitrogens with two attached hydrogens (primary N) is 1. The number of ether oxygens (including phenoxy) is 1. The van der Waals surface area contributed by atoms with Gasteiger partial charge in [0.15, 0.2) is 0 Å². The summed E-state index contributed by atoms with van der Waals surface area (Å²) in [5, 5.41) is 7.98. The molecule has 1 aliphatic rings. The van der Waals surface area contributed by atoms with Crippen molar-refractivity contribution in [2.75, 3.05) is 17.6 Å². The molecule has 0 aromatic heterocycles. The normalized spacial score (nSPS) is 17.3. The molecule has 1 fully saturated rings. The van der Waals surface area contributed by atoms with Gasteiger partial charge in [0, 0.05) is 29.3 Å². The number of anilines is 1. The van der Waals surface area contributed by atoms with Gasteiger partial charge in [-0.25, -0.2) is 26.8 Å². The number of thioether (sulfide) groups is 1. The Labute approximate surface area is 243 Å². The van der Waals surface area contributed by atoms with E-state index in [0.29, 0.717) is 37.6 Å². The number of amides is 1. The van der Waals surface area contributed by atoms with Crippen LogP contribution in [0.25, 0.3) is 0 Å². The number of sulfone groups is 1. The third kappa shape index (κ3) is 9.00. The van der Waals surface area contributed by atoms with Crippen LogP contribution in [0.5, 0.6) is 0 Å². The van der Waals surface area contributed by atoms with Crippen LogP contribution in [0.15, 0.2) is 63.2 Å². The molecule has 9 nitrogen and oxygen atoms in total. The number of halogens is 3. The number of hydrogen-bond donors (Lipinski definition) is 2. The quantitative estimate of drug-likeness (QED) is 0.332. The summed E-state index contributed by atoms with van der Waals surface area (Å²) < 4.78 is 94.8. The minimum Gasteiger partial charge on any atom is -0.444 e. The molecule has 2 aromatic rings. The van der Waals surface area contributed by atoms with Gasteiger partial charge in [-0.15, -0.1) is 11.8 Å². The van der Waals surface area contributed by atoms with Crippen LogP contribution in [0.3, 0.4) is 0 Å². The van der Waals surface area contributed by atoms with Crippen molar-refractivity contribution in [1.82, 2.24) is 4.90 Å². The van der Waals surface area contributed by atoms with E-state index in [4.69, 9.17) is 9.88 Å². The Balaban J connectivity index is 1.91. The number of carbonyl (C=O) groups excluding carboxylic acids is 1. The van der Waals surface area contributed by atoms with Gasteiger partial charge in [0.05, 0.1) is 10.6 Å². The van der Waals surface area contributed by atoms with Crippen LogP contribution >= 0.6 is 11.8 Å². The van der Waals surface area contributed by atoms with E-state index < -0.39 is 58.6 Å². The summed E-state index contributed by atoms with van der Waals surface area (Å²) in [5.74, 6) is 0.339. The number of carbonyl (C=O) groups is 1. The van der Waals surface area contributed by atoms with E-state index in [0.717, 1.165) is 23.4 Å². The highest BCUT2D eigenvalue weighted by atomic mass is 32.2. The maximum atomic E-state index is 13.6. The number of likely N-dealkylation sites (tertiary alicyclic amines) is 1. The van der Waals surface area contributed by atoms with Crippen molar-refractivity contribution in [3.05, 3.63) is 48.5 Å². The molecule has 0 radical (unpaired) electrons. The van der Waals surface area contributed by atoms with E-state index in [1.54, 1.807) is 25.7 Å². The SMILES string of the molecule is CC(C)(C)OC(=O)N1CCC[C@H]1CC[C@H](CSc1ccccc1)Nc1ccc(S(N)(=O)=O)cc1S(=O)(=O)C(F)(F)F. The summed E-state index contributed by atoms with van der Waals surface area (Å²) in [7, 11) is -10.4. The van der Waals surface area contributed by atoms with Gasteiger partial charge in [-0.3, -0.25) is 0 Å². The number of alkyl halides is 3. The Morgan fingerprint density at radius 1 is 1.12 bits per heavy atom. The molecule has 2 aromatic carbocycles. The first-order valence-electron chi connectivity index (χ1n) is 12.8. The van der Waals surface area contributed by atoms with Crippen molar-refractivity contribution < 1.29 is 39.5 Å². The number of hydrogen-bond acceptors (Lipinski definition) is 8. The monoisotopic (exact) mass is 637 g/mol. The second-order valence-corrected chi connectivity index (χ2v) is 15.2. The van der Waals surface area contributed by atoms with E-state index >= 15 is 0 Å². The first-order chi connectivity index (χ1) is 18.9. The zero-order valence-electron chi connectivity index (χ0n) is 22.8. The Morgan fingerprint density at radius 3 is 2.37 bits per heavy atom. The predicted molar refractivity (Wildman–Crippen MR) is 151 cm³/mol. The molecule has 0 bridgehead atoms. The highest BCUT2D eigenvalue weighted by Crippen LogP contribution is 2.37. The molecule has 15 heteroatoms. The topological polar surface area (TPSA) is 136 Å². The summed E-state index contributed by atoms with van der Waals surface area (Å²) in [6.07, 6.45) is 1.88. The standard InChI is InChI=1S/C26H34F3N3O6S3/c1-25(2,3)38-24(33)32-15-7-8-19(32)12-11-18(17-39-20-9-5-4-6-10-20)31-22-14-13-21(41(30,36)37)16-23(22)40(34,35)26(27,28)29/h4-6,9-10,13-14,16,18-19,31H,7-8,11-12,15,17H2,1-3H3,(H2,30,36,37)/t18-,19+/m1/s1. The van der Waals surface area contributed by atoms with Gasteiger partial charge in [-0.1, -0.05) is 18.2 Å². The zero-order chi connectivity index (χ0) is 30.6. The highest BCUT2D eigenvalue weighted by Gasteiger charge is 2.48. The fourth-order valence-electron chi connectivity index (χ4n) is 4.37. The fourth-order valence-corrected chi connectivity index (χ4v) is 6.92. The number of primary sulfonamides is 1. The van der Waals surface area contributed by atoms with Crippen molar-refractivity contribution in [1.29, 1.82) is 0 Å². The molecule has 2 atom stereocenters. The maximum absolute atomic E-state index is 13.6. The van der Waals surface area contributed by atoms with E-state index in [2.05, 4.69) is 5.32 Å². The average Bonchev–Trinajstić information content (AvgIpc) is 3.33. The molecule has 1 saturated heterocycles. The molecule has 1 heterocycles. The number of nitrogens with one attached hydrogen (secondary N) is 1. The molecular weight excluding hydrogens is 603 g/mol. The summed E-state index contributed by atoms with van der Waals surface area (Å²) >= 11 is 1.42. The highest BCUT2D eigenvalue weighted by molar-refractivity contribution is 7.99. The third-order valence-electron chi connectivity index (χ3n) is 6.28. The van der Waals surface area contributed by atoms with Crippen LogP contribution in [0.1, 0.15) is 46.5 Å². The number of benzene rings is 2. The van der Waals surface area contributed by atoms with Gasteiger partial charge in [-0.2, -0.15) is 13.2 Å². The lowest BCUT2D eigenvalue weighted by Crippen LogP contribution is -2.40. The van der Waals surface area contributed by atoms with Crippen molar-refractivity contribution >= 4 is 43.4 Å². The predicted octanol–water partition coefficient (Wildman–Crippen LogP) is 5.38. The van der Waals surface area contributed by atoms with Gasteiger partial charge >= 0.3 is 11.6 Å². The molecule has 1 aliphatic heterocycles. The van der Waals surface area contributed by atoms with Crippen LogP contribution in [0, 0.1) is 0 Å². The van der Waals surface area contributed by atoms with Crippen molar-refractivity contribution in [2.45, 2.75) is 84.3 Å². The molecule has 1 amide bonds. The molecule has 0 saturated carbocycles. The summed E-state index contributed by atoms with van der Waals surface area (Å²) in [6, 6.07) is 10.9. The largest absolute Gasteiger partial charge is 0.501 e. The first-order valence-corrected chi connectivity index (χ1v) is 16.8. The lowest BCUT2D eigenvalue weighted by molar-refractivity contribution is -0.0435. The minimum absolute atomic E-state index is 0.168. The van der Waals surface area contributed by atoms with Crippen LogP contribution in [-0.4, -0.2) is 63.3 Å². The van der Waals surface area contributed by atoms with Gasteiger partial charge in [0.2, 0.25) is 10.0 Å². The maximum Gasteiger partial charge on any atom is 0.501 e. The van der Waals surface area contributed by atoms with E-state index in [1.807, 2.05) is 30.3 Å². The molecule has 0 aliphatic carbocycles. The van der Waals surface area contributed by atoms with Gasteiger partial charge in [-0.05, 0) is 76.8 Å². The van der Waals surface area contributed by atoms with Crippen molar-refractivity contribution in [3.8, 4) is 0 Å². The molecule has 228 valence electrons. The number of rotatable bonds is 10. The average molecular weight is 638 g/mol. The lowest BCUT2D eigenvalue weighted by atomic mass is 10.0. The molecular formula is C26H34F3N3O6S3. The number of nitrogens with zero attached hydrogens (tertiary/aromatic N) is 1. The molecule has 41 heavy (non-hydrogen) atoms. The van der Waals surface area contributed by atoms with Gasteiger partial charge in [0.1, 0.15) is 10.5 Å².